The molecule has 5 rings (SSSR count). The van der Waals surface area contributed by atoms with Gasteiger partial charge in [0.2, 0.25) is 5.95 Å². The summed E-state index contributed by atoms with van der Waals surface area (Å²) in [6.07, 6.45) is 0. The van der Waals surface area contributed by atoms with E-state index in [1.807, 2.05) is 91.0 Å². The first-order valence-corrected chi connectivity index (χ1v) is 9.70. The van der Waals surface area contributed by atoms with Crippen LogP contribution in [0, 0.1) is 0 Å². The average Bonchev–Trinajstić information content (AvgIpc) is 3.13. The summed E-state index contributed by atoms with van der Waals surface area (Å²) in [6, 6.07) is 29.1. The normalized spacial score (nSPS) is 12.5. The number of nitrogens with zero attached hydrogens (tertiary/aromatic N) is 3. The first-order valence-electron chi connectivity index (χ1n) is 9.70. The van der Waals surface area contributed by atoms with Crippen molar-refractivity contribution in [2.45, 2.75) is 6.54 Å². The summed E-state index contributed by atoms with van der Waals surface area (Å²) in [6.45, 7) is 0.416. The van der Waals surface area contributed by atoms with Gasteiger partial charge in [0.15, 0.2) is 0 Å². The van der Waals surface area contributed by atoms with Crippen LogP contribution in [0.25, 0.3) is 0 Å². The quantitative estimate of drug-likeness (QED) is 0.492. The molecule has 1 amide bonds. The number of carbonyl (C=O) groups is 1. The number of fused-ring (bicyclic) bond motifs is 1. The van der Waals surface area contributed by atoms with Crippen LogP contribution < -0.4 is 15.5 Å². The van der Waals surface area contributed by atoms with Crippen molar-refractivity contribution < 1.29 is 4.79 Å². The number of amides is 1. The summed E-state index contributed by atoms with van der Waals surface area (Å²) in [5.41, 5.74) is 3.78. The SMILES string of the molecule is O=C1c2nc(Nc3ccccc3)nc(Nc3ccccc3)c2CN1c1ccccc1. The number of aromatic nitrogens is 2. The Labute approximate surface area is 174 Å². The maximum Gasteiger partial charge on any atom is 0.277 e. The van der Waals surface area contributed by atoms with E-state index in [9.17, 15) is 4.79 Å². The molecule has 1 aliphatic heterocycles. The monoisotopic (exact) mass is 393 g/mol. The van der Waals surface area contributed by atoms with Crippen molar-refractivity contribution in [1.29, 1.82) is 0 Å². The summed E-state index contributed by atoms with van der Waals surface area (Å²) in [7, 11) is 0. The Morgan fingerprint density at radius 2 is 1.27 bits per heavy atom. The molecule has 0 bridgehead atoms. The predicted octanol–water partition coefficient (Wildman–Crippen LogP) is 5.12. The van der Waals surface area contributed by atoms with Crippen LogP contribution in [0.2, 0.25) is 0 Å². The molecule has 6 nitrogen and oxygen atoms in total. The van der Waals surface area contributed by atoms with E-state index in [2.05, 4.69) is 20.6 Å². The molecule has 2 heterocycles. The van der Waals surface area contributed by atoms with Gasteiger partial charge in [-0.3, -0.25) is 4.79 Å². The topological polar surface area (TPSA) is 70.1 Å². The molecule has 1 aliphatic rings. The molecule has 0 spiro atoms. The fourth-order valence-corrected chi connectivity index (χ4v) is 3.45. The van der Waals surface area contributed by atoms with E-state index in [1.54, 1.807) is 4.90 Å². The van der Waals surface area contributed by atoms with Gasteiger partial charge in [0.1, 0.15) is 11.5 Å². The van der Waals surface area contributed by atoms with Gasteiger partial charge in [-0.15, -0.1) is 0 Å². The van der Waals surface area contributed by atoms with E-state index >= 15 is 0 Å². The highest BCUT2D eigenvalue weighted by molar-refractivity contribution is 6.09. The molecular weight excluding hydrogens is 374 g/mol. The van der Waals surface area contributed by atoms with Crippen molar-refractivity contribution in [2.24, 2.45) is 0 Å². The van der Waals surface area contributed by atoms with Crippen LogP contribution >= 0.6 is 0 Å². The third-order valence-electron chi connectivity index (χ3n) is 4.91. The van der Waals surface area contributed by atoms with Crippen LogP contribution in [-0.2, 0) is 6.54 Å². The van der Waals surface area contributed by atoms with Crippen LogP contribution in [0.3, 0.4) is 0 Å². The number of hydrogen-bond acceptors (Lipinski definition) is 5. The number of para-hydroxylation sites is 3. The molecule has 30 heavy (non-hydrogen) atoms. The summed E-state index contributed by atoms with van der Waals surface area (Å²) in [4.78, 5) is 24.2. The highest BCUT2D eigenvalue weighted by atomic mass is 16.2. The Kier molecular flexibility index (Phi) is 4.57. The second kappa shape index (κ2) is 7.67. The molecule has 0 unspecified atom stereocenters. The lowest BCUT2D eigenvalue weighted by atomic mass is 10.2. The molecule has 146 valence electrons. The summed E-state index contributed by atoms with van der Waals surface area (Å²) < 4.78 is 0. The Hall–Kier alpha value is -4.19. The summed E-state index contributed by atoms with van der Waals surface area (Å²) in [5.74, 6) is 0.865. The maximum absolute atomic E-state index is 13.2. The minimum absolute atomic E-state index is 0.133. The zero-order chi connectivity index (χ0) is 20.3. The number of carbonyl (C=O) groups excluding carboxylic acids is 1. The van der Waals surface area contributed by atoms with Gasteiger partial charge < -0.3 is 15.5 Å². The van der Waals surface area contributed by atoms with Crippen molar-refractivity contribution in [3.8, 4) is 0 Å². The van der Waals surface area contributed by atoms with Crippen molar-refractivity contribution >= 4 is 34.7 Å². The van der Waals surface area contributed by atoms with Gasteiger partial charge >= 0.3 is 0 Å². The molecule has 6 heteroatoms. The predicted molar refractivity (Wildman–Crippen MR) is 118 cm³/mol. The van der Waals surface area contributed by atoms with Crippen LogP contribution in [0.5, 0.6) is 0 Å². The van der Waals surface area contributed by atoms with Gasteiger partial charge in [-0.2, -0.15) is 4.98 Å². The van der Waals surface area contributed by atoms with E-state index < -0.39 is 0 Å². The number of rotatable bonds is 5. The van der Waals surface area contributed by atoms with Gasteiger partial charge in [-0.1, -0.05) is 54.6 Å². The van der Waals surface area contributed by atoms with E-state index in [1.165, 1.54) is 0 Å². The zero-order valence-electron chi connectivity index (χ0n) is 16.1. The van der Waals surface area contributed by atoms with Crippen molar-refractivity contribution in [3.63, 3.8) is 0 Å². The number of hydrogen-bond donors (Lipinski definition) is 2. The summed E-state index contributed by atoms with van der Waals surface area (Å²) >= 11 is 0. The smallest absolute Gasteiger partial charge is 0.277 e. The molecule has 4 aromatic rings. The lowest BCUT2D eigenvalue weighted by molar-refractivity contribution is 0.0992. The standard InChI is InChI=1S/C24H19N5O/c30-23-21-20(16-29(23)19-14-8-3-9-15-19)22(25-17-10-4-1-5-11-17)28-24(27-21)26-18-12-6-2-7-13-18/h1-15H,16H2,(H2,25,26,27,28). The highest BCUT2D eigenvalue weighted by Crippen LogP contribution is 2.33. The first kappa shape index (κ1) is 17.9. The van der Waals surface area contributed by atoms with Crippen LogP contribution in [0.4, 0.5) is 28.8 Å². The van der Waals surface area contributed by atoms with E-state index in [4.69, 9.17) is 0 Å². The Bertz CT molecular complexity index is 1180. The van der Waals surface area contributed by atoms with Gasteiger partial charge in [0.25, 0.3) is 5.91 Å². The van der Waals surface area contributed by atoms with Gasteiger partial charge in [-0.05, 0) is 36.4 Å². The number of anilines is 5. The van der Waals surface area contributed by atoms with Crippen LogP contribution in [0.1, 0.15) is 16.1 Å². The Morgan fingerprint density at radius 1 is 0.700 bits per heavy atom. The fraction of sp³-hybridized carbons (Fsp3) is 0.0417. The molecule has 0 saturated carbocycles. The van der Waals surface area contributed by atoms with Crippen molar-refractivity contribution in [3.05, 3.63) is 102 Å². The molecular formula is C24H19N5O. The Morgan fingerprint density at radius 3 is 1.90 bits per heavy atom. The minimum atomic E-state index is -0.133. The zero-order valence-corrected chi connectivity index (χ0v) is 16.1. The first-order chi connectivity index (χ1) is 14.8. The van der Waals surface area contributed by atoms with Gasteiger partial charge in [0, 0.05) is 22.6 Å². The lowest BCUT2D eigenvalue weighted by Crippen LogP contribution is -2.23. The number of benzene rings is 3. The van der Waals surface area contributed by atoms with Gasteiger partial charge in [0.05, 0.1) is 6.54 Å². The second-order valence-electron chi connectivity index (χ2n) is 6.93. The molecule has 0 atom stereocenters. The maximum atomic E-state index is 13.2. The molecule has 2 N–H and O–H groups in total. The highest BCUT2D eigenvalue weighted by Gasteiger charge is 2.33. The van der Waals surface area contributed by atoms with Gasteiger partial charge in [-0.25, -0.2) is 4.98 Å². The molecule has 1 aromatic heterocycles. The minimum Gasteiger partial charge on any atom is -0.340 e. The fourth-order valence-electron chi connectivity index (χ4n) is 3.45. The van der Waals surface area contributed by atoms with Crippen molar-refractivity contribution in [1.82, 2.24) is 9.97 Å². The van der Waals surface area contributed by atoms with Crippen molar-refractivity contribution in [2.75, 3.05) is 15.5 Å². The van der Waals surface area contributed by atoms with Crippen LogP contribution in [-0.4, -0.2) is 15.9 Å². The molecule has 0 saturated heterocycles. The third-order valence-corrected chi connectivity index (χ3v) is 4.91. The lowest BCUT2D eigenvalue weighted by Gasteiger charge is -2.15. The molecule has 0 radical (unpaired) electrons. The third kappa shape index (κ3) is 3.46. The van der Waals surface area contributed by atoms with E-state index in [-0.39, 0.29) is 5.91 Å². The number of nitrogens with one attached hydrogen (secondary N) is 2. The molecule has 3 aromatic carbocycles. The summed E-state index contributed by atoms with van der Waals surface area (Å²) in [5, 5.41) is 6.56. The largest absolute Gasteiger partial charge is 0.340 e. The molecule has 0 fully saturated rings. The van der Waals surface area contributed by atoms with E-state index in [0.29, 0.717) is 24.0 Å². The average molecular weight is 393 g/mol. The second-order valence-corrected chi connectivity index (χ2v) is 6.93. The Balaban J connectivity index is 1.56. The van der Waals surface area contributed by atoms with E-state index in [0.717, 1.165) is 22.6 Å². The van der Waals surface area contributed by atoms with Crippen LogP contribution in [0.15, 0.2) is 91.0 Å². The molecule has 0 aliphatic carbocycles.